The van der Waals surface area contributed by atoms with Crippen LogP contribution in [0, 0.1) is 0 Å². The molecule has 258 valence electrons. The third-order valence-corrected chi connectivity index (χ3v) is 12.1. The summed E-state index contributed by atoms with van der Waals surface area (Å²) in [6.45, 7) is 0. The zero-order valence-electron chi connectivity index (χ0n) is 29.8. The molecule has 0 aliphatic heterocycles. The minimum Gasteiger partial charge on any atom is -0.455 e. The van der Waals surface area contributed by atoms with Gasteiger partial charge in [-0.05, 0) is 81.1 Å². The molecule has 0 amide bonds. The average Bonchev–Trinajstić information content (AvgIpc) is 3.84. The molecule has 0 fully saturated rings. The number of hydrogen-bond donors (Lipinski definition) is 0. The summed E-state index contributed by atoms with van der Waals surface area (Å²) in [5, 5.41) is 7.22. The molecule has 0 saturated heterocycles. The Morgan fingerprint density at radius 1 is 0.400 bits per heavy atom. The molecule has 0 N–H and O–H groups in total. The lowest BCUT2D eigenvalue weighted by Gasteiger charge is -2.27. The molecule has 55 heavy (non-hydrogen) atoms. The van der Waals surface area contributed by atoms with E-state index in [1.807, 2.05) is 11.3 Å². The first-order chi connectivity index (χ1) is 27.3. The third kappa shape index (κ3) is 5.16. The van der Waals surface area contributed by atoms with Crippen LogP contribution >= 0.6 is 11.3 Å². The van der Waals surface area contributed by atoms with E-state index in [1.165, 1.54) is 53.2 Å². The van der Waals surface area contributed by atoms with Gasteiger partial charge in [0.25, 0.3) is 0 Å². The second-order valence-electron chi connectivity index (χ2n) is 14.0. The first-order valence-electron chi connectivity index (χ1n) is 18.7. The number of anilines is 3. The van der Waals surface area contributed by atoms with E-state index in [1.54, 1.807) is 0 Å². The summed E-state index contributed by atoms with van der Waals surface area (Å²) in [5.41, 5.74) is 12.1. The summed E-state index contributed by atoms with van der Waals surface area (Å²) in [6.07, 6.45) is 0. The molecular weight excluding hydrogens is 687 g/mol. The van der Waals surface area contributed by atoms with Gasteiger partial charge in [-0.15, -0.1) is 11.3 Å². The average molecular weight is 720 g/mol. The molecular formula is C52H33NOS. The zero-order valence-corrected chi connectivity index (χ0v) is 30.6. The highest BCUT2D eigenvalue weighted by Gasteiger charge is 2.24. The lowest BCUT2D eigenvalue weighted by Crippen LogP contribution is -2.10. The van der Waals surface area contributed by atoms with Crippen molar-refractivity contribution >= 4 is 81.3 Å². The fourth-order valence-corrected chi connectivity index (χ4v) is 9.58. The maximum atomic E-state index is 6.78. The molecule has 0 radical (unpaired) electrons. The van der Waals surface area contributed by atoms with Crippen molar-refractivity contribution in [3.05, 3.63) is 200 Å². The lowest BCUT2D eigenvalue weighted by molar-refractivity contribution is 0.670. The van der Waals surface area contributed by atoms with Gasteiger partial charge in [-0.2, -0.15) is 0 Å². The van der Waals surface area contributed by atoms with E-state index in [9.17, 15) is 0 Å². The highest BCUT2D eigenvalue weighted by molar-refractivity contribution is 7.26. The van der Waals surface area contributed by atoms with E-state index in [-0.39, 0.29) is 0 Å². The highest BCUT2D eigenvalue weighted by Crippen LogP contribution is 2.50. The zero-order chi connectivity index (χ0) is 36.3. The molecule has 0 unspecified atom stereocenters. The predicted octanol–water partition coefficient (Wildman–Crippen LogP) is 15.6. The Bertz CT molecular complexity index is 3190. The summed E-state index contributed by atoms with van der Waals surface area (Å²) in [7, 11) is 0. The van der Waals surface area contributed by atoms with Crippen LogP contribution in [0.25, 0.3) is 86.3 Å². The minimum absolute atomic E-state index is 0.877. The van der Waals surface area contributed by atoms with Gasteiger partial charge in [-0.1, -0.05) is 158 Å². The van der Waals surface area contributed by atoms with Crippen LogP contribution in [0.4, 0.5) is 17.1 Å². The highest BCUT2D eigenvalue weighted by atomic mass is 32.1. The van der Waals surface area contributed by atoms with E-state index in [0.29, 0.717) is 0 Å². The predicted molar refractivity (Wildman–Crippen MR) is 235 cm³/mol. The van der Waals surface area contributed by atoms with Crippen molar-refractivity contribution in [1.29, 1.82) is 0 Å². The van der Waals surface area contributed by atoms with Crippen molar-refractivity contribution in [1.82, 2.24) is 0 Å². The van der Waals surface area contributed by atoms with Crippen molar-refractivity contribution in [2.24, 2.45) is 0 Å². The molecule has 9 aromatic carbocycles. The number of benzene rings is 9. The first-order valence-corrected chi connectivity index (χ1v) is 19.5. The molecule has 0 aliphatic carbocycles. The van der Waals surface area contributed by atoms with Crippen LogP contribution in [0.15, 0.2) is 205 Å². The number of thiophene rings is 1. The molecule has 11 aromatic rings. The Hall–Kier alpha value is -6.94. The molecule has 0 spiro atoms. The summed E-state index contributed by atoms with van der Waals surface area (Å²) in [6, 6.07) is 72.1. The van der Waals surface area contributed by atoms with Gasteiger partial charge >= 0.3 is 0 Å². The standard InChI is InChI=1S/C52H33NOS/c1-3-14-34(15-4-1)41-32-33-45(50-44-21-9-11-24-47(44)54-51(41)50)53(46-23-13-22-43-42-20-10-12-25-48(42)55-52(43)46)38-29-26-36(27-30-38)40-31-28-35-16-7-8-19-39(35)49(40)37-17-5-2-6-18-37/h1-33H. The molecule has 2 heterocycles. The van der Waals surface area contributed by atoms with Gasteiger partial charge in [-0.25, -0.2) is 0 Å². The van der Waals surface area contributed by atoms with Crippen LogP contribution in [0.2, 0.25) is 0 Å². The molecule has 2 aromatic heterocycles. The molecule has 0 atom stereocenters. The number of fused-ring (bicyclic) bond motifs is 7. The maximum absolute atomic E-state index is 6.78. The minimum atomic E-state index is 0.877. The van der Waals surface area contributed by atoms with Gasteiger partial charge in [0.1, 0.15) is 11.2 Å². The largest absolute Gasteiger partial charge is 0.455 e. The van der Waals surface area contributed by atoms with Crippen molar-refractivity contribution in [3.63, 3.8) is 0 Å². The molecule has 3 heteroatoms. The Morgan fingerprint density at radius 3 is 1.85 bits per heavy atom. The van der Waals surface area contributed by atoms with E-state index in [0.717, 1.165) is 50.1 Å². The van der Waals surface area contributed by atoms with Gasteiger partial charge in [0.2, 0.25) is 0 Å². The maximum Gasteiger partial charge on any atom is 0.145 e. The van der Waals surface area contributed by atoms with E-state index in [2.05, 4.69) is 205 Å². The molecule has 0 aliphatic rings. The van der Waals surface area contributed by atoms with E-state index >= 15 is 0 Å². The van der Waals surface area contributed by atoms with E-state index < -0.39 is 0 Å². The van der Waals surface area contributed by atoms with Crippen LogP contribution in [0.1, 0.15) is 0 Å². The summed E-state index contributed by atoms with van der Waals surface area (Å²) in [5.74, 6) is 0. The van der Waals surface area contributed by atoms with Crippen LogP contribution in [0.3, 0.4) is 0 Å². The molecule has 0 saturated carbocycles. The first kappa shape index (κ1) is 31.6. The Labute approximate surface area is 322 Å². The monoisotopic (exact) mass is 719 g/mol. The van der Waals surface area contributed by atoms with Gasteiger partial charge in [-0.3, -0.25) is 0 Å². The molecule has 2 nitrogen and oxygen atoms in total. The Kier molecular flexibility index (Phi) is 7.39. The lowest BCUT2D eigenvalue weighted by atomic mass is 9.89. The van der Waals surface area contributed by atoms with Crippen LogP contribution in [-0.4, -0.2) is 0 Å². The van der Waals surface area contributed by atoms with Crippen LogP contribution in [0.5, 0.6) is 0 Å². The second-order valence-corrected chi connectivity index (χ2v) is 15.1. The topological polar surface area (TPSA) is 16.4 Å². The summed E-state index contributed by atoms with van der Waals surface area (Å²) in [4.78, 5) is 2.44. The molecule has 11 rings (SSSR count). The van der Waals surface area contributed by atoms with Gasteiger partial charge in [0.05, 0.1) is 21.5 Å². The third-order valence-electron chi connectivity index (χ3n) is 10.9. The fourth-order valence-electron chi connectivity index (χ4n) is 8.38. The van der Waals surface area contributed by atoms with Crippen LogP contribution < -0.4 is 4.90 Å². The van der Waals surface area contributed by atoms with E-state index in [4.69, 9.17) is 4.42 Å². The van der Waals surface area contributed by atoms with Gasteiger partial charge < -0.3 is 9.32 Å². The van der Waals surface area contributed by atoms with Crippen molar-refractivity contribution in [2.45, 2.75) is 0 Å². The number of hydrogen-bond acceptors (Lipinski definition) is 3. The summed E-state index contributed by atoms with van der Waals surface area (Å²) < 4.78 is 9.31. The second kappa shape index (κ2) is 12.9. The normalized spacial score (nSPS) is 11.6. The smallest absolute Gasteiger partial charge is 0.145 e. The number of para-hydroxylation sites is 1. The molecule has 0 bridgehead atoms. The van der Waals surface area contributed by atoms with Crippen LogP contribution in [-0.2, 0) is 0 Å². The van der Waals surface area contributed by atoms with Gasteiger partial charge in [0.15, 0.2) is 0 Å². The van der Waals surface area contributed by atoms with Crippen molar-refractivity contribution < 1.29 is 4.42 Å². The Morgan fingerprint density at radius 2 is 1.04 bits per heavy atom. The summed E-state index contributed by atoms with van der Waals surface area (Å²) >= 11 is 1.85. The number of rotatable bonds is 6. The Balaban J connectivity index is 1.17. The SMILES string of the molecule is c1ccc(-c2c(-c3ccc(N(c4cccc5c4sc4ccccc45)c4ccc(-c5ccccc5)c5oc6ccccc6c45)cc3)ccc3ccccc23)cc1. The van der Waals surface area contributed by atoms with Gasteiger partial charge in [0, 0.05) is 32.1 Å². The van der Waals surface area contributed by atoms with Crippen molar-refractivity contribution in [2.75, 3.05) is 4.90 Å². The fraction of sp³-hybridized carbons (Fsp3) is 0. The number of nitrogens with zero attached hydrogens (tertiary/aromatic N) is 1. The van der Waals surface area contributed by atoms with Crippen molar-refractivity contribution in [3.8, 4) is 33.4 Å². The number of furan rings is 1. The quantitative estimate of drug-likeness (QED) is 0.170.